The van der Waals surface area contributed by atoms with E-state index in [0.717, 1.165) is 49.0 Å². The molecular weight excluding hydrogens is 368 g/mol. The fourth-order valence-corrected chi connectivity index (χ4v) is 3.89. The van der Waals surface area contributed by atoms with Crippen molar-refractivity contribution < 1.29 is 4.79 Å². The van der Waals surface area contributed by atoms with Gasteiger partial charge in [0.1, 0.15) is 5.69 Å². The standard InChI is InChI=1S/C19H19ClN4OS/c20-16-3-1-14(2-4-16)12-23-6-8-24(9-7-23)19(25)18-11-17(21-22-18)15-5-10-26-13-15/h1-5,10-11,13H,6-9,12H2,(H,21,22). The van der Waals surface area contributed by atoms with Gasteiger partial charge in [0.15, 0.2) is 0 Å². The summed E-state index contributed by atoms with van der Waals surface area (Å²) in [5.74, 6) is 0.0186. The molecule has 1 N–H and O–H groups in total. The van der Waals surface area contributed by atoms with Gasteiger partial charge in [-0.1, -0.05) is 23.7 Å². The smallest absolute Gasteiger partial charge is 0.271 e. The number of benzene rings is 1. The highest BCUT2D eigenvalue weighted by Gasteiger charge is 2.23. The number of carbonyl (C=O) groups is 1. The van der Waals surface area contributed by atoms with Gasteiger partial charge in [0.05, 0.1) is 5.69 Å². The van der Waals surface area contributed by atoms with Gasteiger partial charge in [0, 0.05) is 48.7 Å². The van der Waals surface area contributed by atoms with Crippen LogP contribution in [0.3, 0.4) is 0 Å². The Kier molecular flexibility index (Phi) is 5.06. The molecule has 1 saturated heterocycles. The van der Waals surface area contributed by atoms with Crippen molar-refractivity contribution in [3.8, 4) is 11.3 Å². The lowest BCUT2D eigenvalue weighted by Gasteiger charge is -2.34. The summed E-state index contributed by atoms with van der Waals surface area (Å²) in [5.41, 5.74) is 3.65. The van der Waals surface area contributed by atoms with E-state index in [0.29, 0.717) is 5.69 Å². The summed E-state index contributed by atoms with van der Waals surface area (Å²) < 4.78 is 0. The average Bonchev–Trinajstić information content (AvgIpc) is 3.35. The first-order chi connectivity index (χ1) is 12.7. The van der Waals surface area contributed by atoms with Crippen LogP contribution >= 0.6 is 22.9 Å². The second-order valence-corrected chi connectivity index (χ2v) is 7.59. The number of nitrogens with zero attached hydrogens (tertiary/aromatic N) is 3. The largest absolute Gasteiger partial charge is 0.335 e. The summed E-state index contributed by atoms with van der Waals surface area (Å²) in [6.45, 7) is 4.05. The molecule has 1 aliphatic rings. The number of rotatable bonds is 4. The van der Waals surface area contributed by atoms with Gasteiger partial charge in [-0.15, -0.1) is 0 Å². The molecule has 0 aliphatic carbocycles. The Balaban J connectivity index is 1.34. The molecule has 2 aromatic heterocycles. The molecular formula is C19H19ClN4OS. The van der Waals surface area contributed by atoms with Crippen molar-refractivity contribution in [1.29, 1.82) is 0 Å². The average molecular weight is 387 g/mol. The van der Waals surface area contributed by atoms with Crippen LogP contribution in [0.5, 0.6) is 0 Å². The molecule has 134 valence electrons. The normalized spacial score (nSPS) is 15.3. The Hall–Kier alpha value is -2.15. The lowest BCUT2D eigenvalue weighted by atomic mass is 10.2. The van der Waals surface area contributed by atoms with Crippen molar-refractivity contribution in [2.75, 3.05) is 26.2 Å². The van der Waals surface area contributed by atoms with Crippen LogP contribution in [0.15, 0.2) is 47.2 Å². The van der Waals surface area contributed by atoms with Crippen LogP contribution in [0.4, 0.5) is 0 Å². The highest BCUT2D eigenvalue weighted by Crippen LogP contribution is 2.21. The van der Waals surface area contributed by atoms with Gasteiger partial charge in [-0.2, -0.15) is 16.4 Å². The van der Waals surface area contributed by atoms with Crippen molar-refractivity contribution >= 4 is 28.8 Å². The topological polar surface area (TPSA) is 52.2 Å². The van der Waals surface area contributed by atoms with E-state index in [-0.39, 0.29) is 5.91 Å². The third-order valence-electron chi connectivity index (χ3n) is 4.60. The number of thiophene rings is 1. The van der Waals surface area contributed by atoms with E-state index in [1.807, 2.05) is 39.9 Å². The van der Waals surface area contributed by atoms with Gasteiger partial charge in [0.25, 0.3) is 5.91 Å². The van der Waals surface area contributed by atoms with E-state index in [2.05, 4.69) is 27.2 Å². The van der Waals surface area contributed by atoms with Crippen molar-refractivity contribution in [3.63, 3.8) is 0 Å². The summed E-state index contributed by atoms with van der Waals surface area (Å²) in [5, 5.41) is 11.9. The fourth-order valence-electron chi connectivity index (χ4n) is 3.12. The number of nitrogens with one attached hydrogen (secondary N) is 1. The molecule has 1 aliphatic heterocycles. The maximum absolute atomic E-state index is 12.7. The Morgan fingerprint density at radius 3 is 2.62 bits per heavy atom. The molecule has 1 amide bonds. The first-order valence-corrected chi connectivity index (χ1v) is 9.85. The maximum Gasteiger partial charge on any atom is 0.271 e. The Bertz CT molecular complexity index is 867. The van der Waals surface area contributed by atoms with Gasteiger partial charge in [0.2, 0.25) is 0 Å². The molecule has 0 radical (unpaired) electrons. The van der Waals surface area contributed by atoms with Gasteiger partial charge in [-0.05, 0) is 35.2 Å². The lowest BCUT2D eigenvalue weighted by Crippen LogP contribution is -2.48. The molecule has 3 heterocycles. The Morgan fingerprint density at radius 1 is 1.15 bits per heavy atom. The fraction of sp³-hybridized carbons (Fsp3) is 0.263. The number of piperazine rings is 1. The second kappa shape index (κ2) is 7.61. The van der Waals surface area contributed by atoms with Crippen LogP contribution in [-0.2, 0) is 6.54 Å². The quantitative estimate of drug-likeness (QED) is 0.743. The van der Waals surface area contributed by atoms with Crippen molar-refractivity contribution in [2.45, 2.75) is 6.54 Å². The molecule has 0 bridgehead atoms. The minimum Gasteiger partial charge on any atom is -0.335 e. The molecule has 1 fully saturated rings. The third-order valence-corrected chi connectivity index (χ3v) is 5.54. The van der Waals surface area contributed by atoms with E-state index in [4.69, 9.17) is 11.6 Å². The SMILES string of the molecule is O=C(c1cc(-c2ccsc2)n[nH]1)N1CCN(Cc2ccc(Cl)cc2)CC1. The van der Waals surface area contributed by atoms with Gasteiger partial charge in [-0.3, -0.25) is 14.8 Å². The summed E-state index contributed by atoms with van der Waals surface area (Å²) in [4.78, 5) is 17.0. The van der Waals surface area contributed by atoms with Crippen LogP contribution in [0.2, 0.25) is 5.02 Å². The third kappa shape index (κ3) is 3.82. The van der Waals surface area contributed by atoms with E-state index in [1.54, 1.807) is 11.3 Å². The van der Waals surface area contributed by atoms with Gasteiger partial charge in [-0.25, -0.2) is 0 Å². The highest BCUT2D eigenvalue weighted by atomic mass is 35.5. The number of aromatic nitrogens is 2. The zero-order valence-electron chi connectivity index (χ0n) is 14.2. The predicted molar refractivity (Wildman–Crippen MR) is 105 cm³/mol. The molecule has 4 rings (SSSR count). The molecule has 5 nitrogen and oxygen atoms in total. The monoisotopic (exact) mass is 386 g/mol. The van der Waals surface area contributed by atoms with Crippen LogP contribution in [0, 0.1) is 0 Å². The Morgan fingerprint density at radius 2 is 1.92 bits per heavy atom. The van der Waals surface area contributed by atoms with Crippen LogP contribution in [0.25, 0.3) is 11.3 Å². The first-order valence-electron chi connectivity index (χ1n) is 8.53. The zero-order valence-corrected chi connectivity index (χ0v) is 15.8. The van der Waals surface area contributed by atoms with Gasteiger partial charge < -0.3 is 4.90 Å². The molecule has 1 aromatic carbocycles. The van der Waals surface area contributed by atoms with Crippen molar-refractivity contribution in [3.05, 3.63) is 63.4 Å². The Labute approximate surface area is 161 Å². The minimum absolute atomic E-state index is 0.0186. The van der Waals surface area contributed by atoms with E-state index in [1.165, 1.54) is 5.56 Å². The van der Waals surface area contributed by atoms with Gasteiger partial charge >= 0.3 is 0 Å². The summed E-state index contributed by atoms with van der Waals surface area (Å²) in [6, 6.07) is 11.8. The second-order valence-electron chi connectivity index (χ2n) is 6.37. The lowest BCUT2D eigenvalue weighted by molar-refractivity contribution is 0.0622. The van der Waals surface area contributed by atoms with E-state index >= 15 is 0 Å². The highest BCUT2D eigenvalue weighted by molar-refractivity contribution is 7.08. The number of halogens is 1. The minimum atomic E-state index is 0.0186. The van der Waals surface area contributed by atoms with Crippen LogP contribution < -0.4 is 0 Å². The number of amides is 1. The van der Waals surface area contributed by atoms with E-state index in [9.17, 15) is 4.79 Å². The summed E-state index contributed by atoms with van der Waals surface area (Å²) >= 11 is 7.56. The number of hydrogen-bond donors (Lipinski definition) is 1. The summed E-state index contributed by atoms with van der Waals surface area (Å²) in [7, 11) is 0. The number of hydrogen-bond acceptors (Lipinski definition) is 4. The summed E-state index contributed by atoms with van der Waals surface area (Å²) in [6.07, 6.45) is 0. The van der Waals surface area contributed by atoms with Crippen LogP contribution in [-0.4, -0.2) is 52.1 Å². The van der Waals surface area contributed by atoms with Crippen LogP contribution in [0.1, 0.15) is 16.1 Å². The molecule has 7 heteroatoms. The number of H-pyrrole nitrogens is 1. The predicted octanol–water partition coefficient (Wildman–Crippen LogP) is 3.75. The molecule has 0 atom stereocenters. The molecule has 0 spiro atoms. The van der Waals surface area contributed by atoms with E-state index < -0.39 is 0 Å². The molecule has 3 aromatic rings. The first kappa shape index (κ1) is 17.3. The molecule has 26 heavy (non-hydrogen) atoms. The maximum atomic E-state index is 12.7. The van der Waals surface area contributed by atoms with Crippen molar-refractivity contribution in [1.82, 2.24) is 20.0 Å². The molecule has 0 saturated carbocycles. The molecule has 0 unspecified atom stereocenters. The van der Waals surface area contributed by atoms with Crippen molar-refractivity contribution in [2.24, 2.45) is 0 Å². The number of aromatic amines is 1. The number of carbonyl (C=O) groups excluding carboxylic acids is 1. The zero-order chi connectivity index (χ0) is 17.9.